The molecule has 19 heavy (non-hydrogen) atoms. The maximum absolute atomic E-state index is 12.1. The van der Waals surface area contributed by atoms with Gasteiger partial charge in [-0.25, -0.2) is 9.86 Å². The van der Waals surface area contributed by atoms with Gasteiger partial charge in [0.05, 0.1) is 6.04 Å². The zero-order valence-corrected chi connectivity index (χ0v) is 11.7. The van der Waals surface area contributed by atoms with Crippen LogP contribution in [0.5, 0.6) is 0 Å². The van der Waals surface area contributed by atoms with Crippen LogP contribution < -0.4 is 5.32 Å². The number of fused-ring (bicyclic) bond motifs is 2. The first-order chi connectivity index (χ1) is 8.76. The molecule has 2 unspecified atom stereocenters. The van der Waals surface area contributed by atoms with E-state index in [1.54, 1.807) is 27.7 Å². The second-order valence-corrected chi connectivity index (χ2v) is 5.86. The van der Waals surface area contributed by atoms with Crippen LogP contribution in [0.4, 0.5) is 4.79 Å². The van der Waals surface area contributed by atoms with Crippen LogP contribution in [0.2, 0.25) is 0 Å². The maximum Gasteiger partial charge on any atom is 0.408 e. The van der Waals surface area contributed by atoms with E-state index in [1.807, 2.05) is 12.2 Å². The van der Waals surface area contributed by atoms with Gasteiger partial charge in [-0.05, 0) is 27.7 Å². The smallest absolute Gasteiger partial charge is 0.408 e. The number of amides is 2. The van der Waals surface area contributed by atoms with E-state index in [0.29, 0.717) is 0 Å². The Morgan fingerprint density at radius 1 is 1.42 bits per heavy atom. The van der Waals surface area contributed by atoms with Gasteiger partial charge in [-0.1, -0.05) is 12.2 Å². The minimum Gasteiger partial charge on any atom is -0.444 e. The third-order valence-corrected chi connectivity index (χ3v) is 2.89. The predicted octanol–water partition coefficient (Wildman–Crippen LogP) is 1.37. The summed E-state index contributed by atoms with van der Waals surface area (Å²) in [6, 6.07) is -0.692. The summed E-state index contributed by atoms with van der Waals surface area (Å²) in [5.74, 6) is -0.261. The number of carbonyl (C=O) groups is 2. The van der Waals surface area contributed by atoms with Crippen molar-refractivity contribution in [1.29, 1.82) is 0 Å². The molecule has 1 saturated heterocycles. The van der Waals surface area contributed by atoms with Gasteiger partial charge in [0.2, 0.25) is 0 Å². The van der Waals surface area contributed by atoms with Crippen LogP contribution in [0, 0.1) is 0 Å². The zero-order chi connectivity index (χ0) is 14.2. The number of nitrogens with zero attached hydrogens (tertiary/aromatic N) is 1. The number of hydrogen-bond acceptors (Lipinski definition) is 4. The minimum atomic E-state index is -0.678. The van der Waals surface area contributed by atoms with E-state index in [0.717, 1.165) is 6.42 Å². The molecule has 1 N–H and O–H groups in total. The Labute approximate surface area is 112 Å². The van der Waals surface area contributed by atoms with Crippen LogP contribution >= 0.6 is 0 Å². The van der Waals surface area contributed by atoms with E-state index < -0.39 is 17.7 Å². The van der Waals surface area contributed by atoms with Crippen molar-refractivity contribution in [3.63, 3.8) is 0 Å². The molecule has 3 atom stereocenters. The molecule has 0 aromatic heterocycles. The normalized spacial score (nSPS) is 26.4. The fourth-order valence-electron chi connectivity index (χ4n) is 2.08. The molecule has 0 radical (unpaired) electrons. The highest BCUT2D eigenvalue weighted by molar-refractivity contribution is 5.85. The Morgan fingerprint density at radius 2 is 2.11 bits per heavy atom. The van der Waals surface area contributed by atoms with Gasteiger partial charge in [-0.2, -0.15) is 0 Å². The largest absolute Gasteiger partial charge is 0.444 e. The van der Waals surface area contributed by atoms with E-state index in [4.69, 9.17) is 9.57 Å². The summed E-state index contributed by atoms with van der Waals surface area (Å²) in [6.07, 6.45) is 4.08. The first-order valence-electron chi connectivity index (χ1n) is 6.44. The summed E-state index contributed by atoms with van der Waals surface area (Å²) in [5.41, 5.74) is -0.585. The molecule has 0 saturated carbocycles. The molecule has 1 aliphatic heterocycles. The fraction of sp³-hybridized carbons (Fsp3) is 0.692. The van der Waals surface area contributed by atoms with Crippen molar-refractivity contribution in [3.8, 4) is 0 Å². The molecule has 6 heteroatoms. The van der Waals surface area contributed by atoms with Gasteiger partial charge in [0, 0.05) is 6.42 Å². The highest BCUT2D eigenvalue weighted by atomic mass is 16.7. The average molecular weight is 268 g/mol. The molecule has 1 aliphatic carbocycles. The highest BCUT2D eigenvalue weighted by Gasteiger charge is 2.40. The molecule has 6 nitrogen and oxygen atoms in total. The third-order valence-electron chi connectivity index (χ3n) is 2.89. The molecule has 0 spiro atoms. The number of carbonyl (C=O) groups excluding carboxylic acids is 2. The standard InChI is InChI=1S/C13H20N2O4/c1-8(14-12(17)18-13(2,3)4)11(16)15-9-5-6-10(7-9)19-15/h5-6,8-10H,7H2,1-4H3,(H,14,17)/t8-,9?,10?/m0/s1. The van der Waals surface area contributed by atoms with E-state index >= 15 is 0 Å². The first-order valence-corrected chi connectivity index (χ1v) is 6.44. The Bertz CT molecular complexity index is 413. The van der Waals surface area contributed by atoms with Crippen molar-refractivity contribution in [2.45, 2.75) is 57.9 Å². The monoisotopic (exact) mass is 268 g/mol. The van der Waals surface area contributed by atoms with Crippen LogP contribution in [0.25, 0.3) is 0 Å². The van der Waals surface area contributed by atoms with Crippen molar-refractivity contribution in [1.82, 2.24) is 10.4 Å². The van der Waals surface area contributed by atoms with E-state index in [-0.39, 0.29) is 18.1 Å². The molecule has 2 bridgehead atoms. The van der Waals surface area contributed by atoms with Gasteiger partial charge >= 0.3 is 6.09 Å². The number of hydroxylamine groups is 2. The lowest BCUT2D eigenvalue weighted by atomic mass is 10.2. The van der Waals surface area contributed by atoms with Crippen molar-refractivity contribution >= 4 is 12.0 Å². The maximum atomic E-state index is 12.1. The molecule has 2 rings (SSSR count). The van der Waals surface area contributed by atoms with Crippen molar-refractivity contribution < 1.29 is 19.2 Å². The quantitative estimate of drug-likeness (QED) is 0.768. The van der Waals surface area contributed by atoms with Gasteiger partial charge in [0.1, 0.15) is 17.7 Å². The number of ether oxygens (including phenoxy) is 1. The lowest BCUT2D eigenvalue weighted by Gasteiger charge is -2.27. The summed E-state index contributed by atoms with van der Waals surface area (Å²) in [4.78, 5) is 29.2. The van der Waals surface area contributed by atoms with Gasteiger partial charge in [-0.3, -0.25) is 9.63 Å². The topological polar surface area (TPSA) is 67.9 Å². The number of nitrogens with one attached hydrogen (secondary N) is 1. The predicted molar refractivity (Wildman–Crippen MR) is 68.1 cm³/mol. The van der Waals surface area contributed by atoms with Crippen LogP contribution in [0.1, 0.15) is 34.1 Å². The molecule has 1 fully saturated rings. The molecule has 2 amide bonds. The Kier molecular flexibility index (Phi) is 3.54. The molecule has 2 aliphatic rings. The number of rotatable bonds is 2. The third kappa shape index (κ3) is 3.26. The lowest BCUT2D eigenvalue weighted by Crippen LogP contribution is -2.49. The Hall–Kier alpha value is -1.56. The minimum absolute atomic E-state index is 0.0114. The fourth-order valence-corrected chi connectivity index (χ4v) is 2.08. The summed E-state index contributed by atoms with van der Waals surface area (Å²) in [6.45, 7) is 6.93. The summed E-state index contributed by atoms with van der Waals surface area (Å²) in [5, 5.41) is 3.86. The second kappa shape index (κ2) is 4.85. The van der Waals surface area contributed by atoms with Crippen LogP contribution in [0.15, 0.2) is 12.2 Å². The van der Waals surface area contributed by atoms with Crippen LogP contribution in [-0.2, 0) is 14.4 Å². The lowest BCUT2D eigenvalue weighted by molar-refractivity contribution is -0.184. The van der Waals surface area contributed by atoms with Crippen LogP contribution in [0.3, 0.4) is 0 Å². The van der Waals surface area contributed by atoms with E-state index in [9.17, 15) is 9.59 Å². The Morgan fingerprint density at radius 3 is 2.58 bits per heavy atom. The molecule has 106 valence electrons. The second-order valence-electron chi connectivity index (χ2n) is 5.86. The average Bonchev–Trinajstić information content (AvgIpc) is 2.86. The SMILES string of the molecule is C[C@H](NC(=O)OC(C)(C)C)C(=O)N1OC2C=CC1C2. The van der Waals surface area contributed by atoms with E-state index in [1.165, 1.54) is 5.06 Å². The molecule has 0 aromatic carbocycles. The van der Waals surface area contributed by atoms with Gasteiger partial charge in [-0.15, -0.1) is 0 Å². The summed E-state index contributed by atoms with van der Waals surface area (Å²) in [7, 11) is 0. The molecular formula is C13H20N2O4. The van der Waals surface area contributed by atoms with Crippen molar-refractivity contribution in [3.05, 3.63) is 12.2 Å². The summed E-state index contributed by atoms with van der Waals surface area (Å²) < 4.78 is 5.11. The van der Waals surface area contributed by atoms with Crippen molar-refractivity contribution in [2.24, 2.45) is 0 Å². The molecular weight excluding hydrogens is 248 g/mol. The zero-order valence-electron chi connectivity index (χ0n) is 11.7. The first kappa shape index (κ1) is 13.9. The molecule has 1 heterocycles. The van der Waals surface area contributed by atoms with Gasteiger partial charge < -0.3 is 10.1 Å². The number of alkyl carbamates (subject to hydrolysis) is 1. The van der Waals surface area contributed by atoms with Gasteiger partial charge in [0.15, 0.2) is 0 Å². The van der Waals surface area contributed by atoms with Gasteiger partial charge in [0.25, 0.3) is 5.91 Å². The number of hydrogen-bond donors (Lipinski definition) is 1. The highest BCUT2D eigenvalue weighted by Crippen LogP contribution is 2.29. The van der Waals surface area contributed by atoms with Crippen molar-refractivity contribution in [2.75, 3.05) is 0 Å². The molecule has 0 aromatic rings. The van der Waals surface area contributed by atoms with E-state index in [2.05, 4.69) is 5.32 Å². The van der Waals surface area contributed by atoms with Crippen LogP contribution in [-0.4, -0.2) is 40.9 Å². The Balaban J connectivity index is 1.86. The summed E-state index contributed by atoms with van der Waals surface area (Å²) >= 11 is 0.